The number of aromatic nitrogens is 3. The Kier molecular flexibility index (Phi) is 5.29. The van der Waals surface area contributed by atoms with Gasteiger partial charge in [0.05, 0.1) is 18.8 Å². The van der Waals surface area contributed by atoms with Gasteiger partial charge in [-0.25, -0.2) is 9.48 Å². The molecular weight excluding hydrogens is 367 g/mol. The SMILES string of the molecule is CC(C)c1cc(CNC(=O)NCn2nc(C(F)(F)F)c3c2OCCC3)on1. The van der Waals surface area contributed by atoms with E-state index in [2.05, 4.69) is 20.9 Å². The normalized spacial score (nSPS) is 14.0. The number of fused-ring (bicyclic) bond motifs is 1. The van der Waals surface area contributed by atoms with Crippen molar-refractivity contribution in [3.63, 3.8) is 0 Å². The molecule has 0 radical (unpaired) electrons. The highest BCUT2D eigenvalue weighted by atomic mass is 19.4. The number of nitrogens with zero attached hydrogens (tertiary/aromatic N) is 3. The van der Waals surface area contributed by atoms with E-state index in [0.29, 0.717) is 18.8 Å². The average Bonchev–Trinajstić information content (AvgIpc) is 3.23. The van der Waals surface area contributed by atoms with E-state index < -0.39 is 17.9 Å². The molecule has 0 aromatic carbocycles. The van der Waals surface area contributed by atoms with Crippen LogP contribution in [0.25, 0.3) is 0 Å². The second-order valence-electron chi connectivity index (χ2n) is 6.47. The molecule has 3 rings (SSSR count). The number of carbonyl (C=O) groups is 1. The van der Waals surface area contributed by atoms with Gasteiger partial charge in [0.1, 0.15) is 6.67 Å². The lowest BCUT2D eigenvalue weighted by atomic mass is 10.1. The van der Waals surface area contributed by atoms with Crippen LogP contribution in [-0.4, -0.2) is 27.6 Å². The molecule has 0 spiro atoms. The fraction of sp³-hybridized carbons (Fsp3) is 0.562. The van der Waals surface area contributed by atoms with Gasteiger partial charge in [0.15, 0.2) is 11.5 Å². The van der Waals surface area contributed by atoms with Crippen molar-refractivity contribution in [1.29, 1.82) is 0 Å². The van der Waals surface area contributed by atoms with Crippen LogP contribution >= 0.6 is 0 Å². The summed E-state index contributed by atoms with van der Waals surface area (Å²) in [6.07, 6.45) is -3.84. The zero-order valence-corrected chi connectivity index (χ0v) is 14.9. The Hall–Kier alpha value is -2.72. The van der Waals surface area contributed by atoms with Gasteiger partial charge in [0.25, 0.3) is 0 Å². The number of amides is 2. The molecule has 0 aliphatic carbocycles. The van der Waals surface area contributed by atoms with Crippen LogP contribution in [0, 0.1) is 0 Å². The number of hydrogen-bond donors (Lipinski definition) is 2. The summed E-state index contributed by atoms with van der Waals surface area (Å²) in [5.74, 6) is 0.726. The maximum Gasteiger partial charge on any atom is 0.435 e. The Morgan fingerprint density at radius 1 is 1.37 bits per heavy atom. The van der Waals surface area contributed by atoms with E-state index in [-0.39, 0.29) is 37.0 Å². The maximum absolute atomic E-state index is 13.1. The summed E-state index contributed by atoms with van der Waals surface area (Å²) < 4.78 is 50.8. The standard InChI is InChI=1S/C16H20F3N5O3/c1-9(2)12-6-10(27-23-12)7-20-15(25)21-8-24-14-11(4-3-5-26-14)13(22-24)16(17,18)19/h6,9H,3-5,7-8H2,1-2H3,(H2,20,21,25). The predicted octanol–water partition coefficient (Wildman–Crippen LogP) is 2.80. The third-order valence-corrected chi connectivity index (χ3v) is 4.06. The molecule has 0 fully saturated rings. The van der Waals surface area contributed by atoms with Gasteiger partial charge in [-0.3, -0.25) is 0 Å². The number of halogens is 3. The topological polar surface area (TPSA) is 94.2 Å². The van der Waals surface area contributed by atoms with Crippen molar-refractivity contribution >= 4 is 6.03 Å². The van der Waals surface area contributed by atoms with Crippen LogP contribution in [0.3, 0.4) is 0 Å². The fourth-order valence-electron chi connectivity index (χ4n) is 2.68. The molecule has 27 heavy (non-hydrogen) atoms. The lowest BCUT2D eigenvalue weighted by Gasteiger charge is -2.16. The van der Waals surface area contributed by atoms with Crippen molar-refractivity contribution in [3.8, 4) is 5.88 Å². The molecular formula is C16H20F3N5O3. The lowest BCUT2D eigenvalue weighted by Crippen LogP contribution is -2.36. The molecule has 1 aliphatic heterocycles. The molecule has 11 heteroatoms. The van der Waals surface area contributed by atoms with Crippen LogP contribution in [0.2, 0.25) is 0 Å². The molecule has 2 N–H and O–H groups in total. The minimum Gasteiger partial charge on any atom is -0.478 e. The van der Waals surface area contributed by atoms with E-state index in [1.54, 1.807) is 6.07 Å². The van der Waals surface area contributed by atoms with E-state index in [4.69, 9.17) is 9.26 Å². The molecule has 0 atom stereocenters. The van der Waals surface area contributed by atoms with Crippen LogP contribution in [-0.2, 0) is 25.8 Å². The molecule has 0 unspecified atom stereocenters. The van der Waals surface area contributed by atoms with Crippen LogP contribution in [0.15, 0.2) is 10.6 Å². The first-order valence-electron chi connectivity index (χ1n) is 8.52. The summed E-state index contributed by atoms with van der Waals surface area (Å²) in [4.78, 5) is 11.9. The molecule has 2 aromatic heterocycles. The number of rotatable bonds is 5. The second-order valence-corrected chi connectivity index (χ2v) is 6.47. The number of nitrogens with one attached hydrogen (secondary N) is 2. The van der Waals surface area contributed by atoms with Crippen LogP contribution in [0.4, 0.5) is 18.0 Å². The van der Waals surface area contributed by atoms with E-state index in [9.17, 15) is 18.0 Å². The van der Waals surface area contributed by atoms with Gasteiger partial charge in [-0.2, -0.15) is 18.3 Å². The Morgan fingerprint density at radius 2 is 2.15 bits per heavy atom. The number of hydrogen-bond acceptors (Lipinski definition) is 5. The maximum atomic E-state index is 13.1. The zero-order chi connectivity index (χ0) is 19.6. The number of alkyl halides is 3. The fourth-order valence-corrected chi connectivity index (χ4v) is 2.68. The van der Waals surface area contributed by atoms with E-state index in [1.807, 2.05) is 13.8 Å². The smallest absolute Gasteiger partial charge is 0.435 e. The molecule has 0 saturated heterocycles. The highest BCUT2D eigenvalue weighted by molar-refractivity contribution is 5.73. The van der Waals surface area contributed by atoms with Gasteiger partial charge in [-0.15, -0.1) is 0 Å². The summed E-state index contributed by atoms with van der Waals surface area (Å²) in [5, 5.41) is 12.5. The van der Waals surface area contributed by atoms with E-state index in [1.165, 1.54) is 0 Å². The lowest BCUT2D eigenvalue weighted by molar-refractivity contribution is -0.142. The number of urea groups is 1. The zero-order valence-electron chi connectivity index (χ0n) is 14.9. The summed E-state index contributed by atoms with van der Waals surface area (Å²) in [5.41, 5.74) is -0.173. The van der Waals surface area contributed by atoms with Gasteiger partial charge < -0.3 is 19.9 Å². The average molecular weight is 387 g/mol. The largest absolute Gasteiger partial charge is 0.478 e. The first-order valence-corrected chi connectivity index (χ1v) is 8.52. The molecule has 0 bridgehead atoms. The Labute approximate surface area is 153 Å². The van der Waals surface area contributed by atoms with Crippen LogP contribution in [0.1, 0.15) is 48.9 Å². The van der Waals surface area contributed by atoms with Crippen molar-refractivity contribution in [3.05, 3.63) is 28.8 Å². The molecule has 8 nitrogen and oxygen atoms in total. The molecule has 2 aromatic rings. The number of ether oxygens (including phenoxy) is 1. The molecule has 148 valence electrons. The quantitative estimate of drug-likeness (QED) is 0.823. The van der Waals surface area contributed by atoms with Crippen molar-refractivity contribution in [2.45, 2.75) is 52.0 Å². The summed E-state index contributed by atoms with van der Waals surface area (Å²) >= 11 is 0. The van der Waals surface area contributed by atoms with Gasteiger partial charge in [0, 0.05) is 11.6 Å². The van der Waals surface area contributed by atoms with Crippen molar-refractivity contribution < 1.29 is 27.2 Å². The highest BCUT2D eigenvalue weighted by Gasteiger charge is 2.40. The van der Waals surface area contributed by atoms with Gasteiger partial charge in [0.2, 0.25) is 5.88 Å². The summed E-state index contributed by atoms with van der Waals surface area (Å²) in [6, 6.07) is 1.16. The summed E-state index contributed by atoms with van der Waals surface area (Å²) in [7, 11) is 0. The second kappa shape index (κ2) is 7.49. The highest BCUT2D eigenvalue weighted by Crippen LogP contribution is 2.37. The minimum absolute atomic E-state index is 0.0267. The van der Waals surface area contributed by atoms with Gasteiger partial charge in [-0.05, 0) is 18.8 Å². The third kappa shape index (κ3) is 4.34. The van der Waals surface area contributed by atoms with Crippen LogP contribution < -0.4 is 15.4 Å². The van der Waals surface area contributed by atoms with E-state index >= 15 is 0 Å². The molecule has 0 saturated carbocycles. The van der Waals surface area contributed by atoms with Gasteiger partial charge >= 0.3 is 12.2 Å². The Morgan fingerprint density at radius 3 is 2.81 bits per heavy atom. The van der Waals surface area contributed by atoms with Crippen molar-refractivity contribution in [2.24, 2.45) is 0 Å². The van der Waals surface area contributed by atoms with E-state index in [0.717, 1.165) is 10.4 Å². The third-order valence-electron chi connectivity index (χ3n) is 4.06. The van der Waals surface area contributed by atoms with Crippen molar-refractivity contribution in [2.75, 3.05) is 6.61 Å². The predicted molar refractivity (Wildman–Crippen MR) is 87.0 cm³/mol. The first-order chi connectivity index (χ1) is 12.8. The molecule has 3 heterocycles. The number of carbonyl (C=O) groups excluding carboxylic acids is 1. The van der Waals surface area contributed by atoms with Crippen LogP contribution in [0.5, 0.6) is 5.88 Å². The summed E-state index contributed by atoms with van der Waals surface area (Å²) in [6.45, 7) is 4.09. The molecule has 1 aliphatic rings. The van der Waals surface area contributed by atoms with Crippen molar-refractivity contribution in [1.82, 2.24) is 25.6 Å². The molecule has 2 amide bonds. The minimum atomic E-state index is -4.57. The van der Waals surface area contributed by atoms with Gasteiger partial charge in [-0.1, -0.05) is 19.0 Å². The first kappa shape index (κ1) is 19.1. The Balaban J connectivity index is 1.59. The monoisotopic (exact) mass is 387 g/mol. The Bertz CT molecular complexity index is 813.